The molecule has 1 unspecified atom stereocenters. The van der Waals surface area contributed by atoms with Gasteiger partial charge in [-0.15, -0.1) is 0 Å². The molecule has 1 aromatic carbocycles. The van der Waals surface area contributed by atoms with Crippen molar-refractivity contribution >= 4 is 11.6 Å². The van der Waals surface area contributed by atoms with E-state index in [4.69, 9.17) is 16.0 Å². The Morgan fingerprint density at radius 1 is 1.22 bits per heavy atom. The van der Waals surface area contributed by atoms with E-state index in [1.54, 1.807) is 12.3 Å². The largest absolute Gasteiger partial charge is 0.468 e. The first-order chi connectivity index (χ1) is 8.58. The summed E-state index contributed by atoms with van der Waals surface area (Å²) in [6, 6.07) is 8.28. The molecule has 4 heteroatoms. The smallest absolute Gasteiger partial charge is 0.124 e. The predicted molar refractivity (Wildman–Crippen MR) is 70.1 cm³/mol. The summed E-state index contributed by atoms with van der Waals surface area (Å²) in [7, 11) is 0. The lowest BCUT2D eigenvalue weighted by molar-refractivity contribution is 0.403. The maximum Gasteiger partial charge on any atom is 0.124 e. The lowest BCUT2D eigenvalue weighted by atomic mass is 10.1. The Kier molecular flexibility index (Phi) is 4.04. The highest BCUT2D eigenvalue weighted by Crippen LogP contribution is 2.26. The van der Waals surface area contributed by atoms with E-state index in [1.165, 1.54) is 12.1 Å². The molecule has 0 aliphatic carbocycles. The van der Waals surface area contributed by atoms with Gasteiger partial charge in [-0.3, -0.25) is 0 Å². The van der Waals surface area contributed by atoms with Crippen molar-refractivity contribution in [2.24, 2.45) is 0 Å². The number of halogens is 2. The van der Waals surface area contributed by atoms with E-state index < -0.39 is 0 Å². The summed E-state index contributed by atoms with van der Waals surface area (Å²) in [5, 5.41) is 3.79. The Hall–Kier alpha value is -1.32. The van der Waals surface area contributed by atoms with Crippen molar-refractivity contribution in [1.82, 2.24) is 5.32 Å². The van der Waals surface area contributed by atoms with Gasteiger partial charge in [0.05, 0.1) is 12.3 Å². The predicted octanol–water partition coefficient (Wildman–Crippen LogP) is 4.48. The molecule has 0 saturated heterocycles. The van der Waals surface area contributed by atoms with Crippen molar-refractivity contribution in [2.45, 2.75) is 25.9 Å². The van der Waals surface area contributed by atoms with Gasteiger partial charge in [0, 0.05) is 11.1 Å². The monoisotopic (exact) mass is 267 g/mol. The summed E-state index contributed by atoms with van der Waals surface area (Å²) in [5.74, 6) is 0.537. The van der Waals surface area contributed by atoms with Crippen molar-refractivity contribution < 1.29 is 8.81 Å². The van der Waals surface area contributed by atoms with Crippen LogP contribution in [0.25, 0.3) is 0 Å². The number of benzene rings is 1. The van der Waals surface area contributed by atoms with Gasteiger partial charge in [-0.25, -0.2) is 4.39 Å². The zero-order valence-electron chi connectivity index (χ0n) is 10.3. The first-order valence-electron chi connectivity index (χ1n) is 5.82. The molecule has 0 aliphatic rings. The molecule has 1 aromatic heterocycles. The number of hydrogen-bond acceptors (Lipinski definition) is 2. The Labute approximate surface area is 111 Å². The van der Waals surface area contributed by atoms with Crippen LogP contribution in [0, 0.1) is 5.82 Å². The molecule has 2 aromatic rings. The Balaban J connectivity index is 2.10. The average Bonchev–Trinajstić information content (AvgIpc) is 2.81. The molecule has 0 fully saturated rings. The molecule has 0 saturated carbocycles. The minimum absolute atomic E-state index is 0.0122. The van der Waals surface area contributed by atoms with Crippen LogP contribution < -0.4 is 5.32 Å². The van der Waals surface area contributed by atoms with Gasteiger partial charge < -0.3 is 9.73 Å². The van der Waals surface area contributed by atoms with E-state index in [9.17, 15) is 4.39 Å². The molecule has 0 spiro atoms. The summed E-state index contributed by atoms with van der Waals surface area (Å²) in [6.45, 7) is 3.99. The number of hydrogen-bond donors (Lipinski definition) is 1. The van der Waals surface area contributed by atoms with Gasteiger partial charge >= 0.3 is 0 Å². The zero-order chi connectivity index (χ0) is 13.1. The highest BCUT2D eigenvalue weighted by Gasteiger charge is 2.15. The van der Waals surface area contributed by atoms with Crippen molar-refractivity contribution in [3.05, 3.63) is 58.8 Å². The highest BCUT2D eigenvalue weighted by molar-refractivity contribution is 6.31. The molecule has 18 heavy (non-hydrogen) atoms. The lowest BCUT2D eigenvalue weighted by Crippen LogP contribution is -2.22. The maximum absolute atomic E-state index is 13.0. The fourth-order valence-corrected chi connectivity index (χ4v) is 2.27. The van der Waals surface area contributed by atoms with Gasteiger partial charge in [0.15, 0.2) is 0 Å². The standard InChI is InChI=1S/C14H15ClFNO/c1-9(12-6-5-11(16)8-13(12)15)17-10(2)14-4-3-7-18-14/h3-10,17H,1-2H3/t9?,10-/m1/s1. The van der Waals surface area contributed by atoms with Gasteiger partial charge in [0.2, 0.25) is 0 Å². The van der Waals surface area contributed by atoms with Crippen molar-refractivity contribution in [3.8, 4) is 0 Å². The van der Waals surface area contributed by atoms with Crippen LogP contribution in [0.15, 0.2) is 41.0 Å². The Morgan fingerprint density at radius 2 is 2.00 bits per heavy atom. The van der Waals surface area contributed by atoms with Crippen LogP contribution in [0.5, 0.6) is 0 Å². The number of nitrogens with one attached hydrogen (secondary N) is 1. The second-order valence-electron chi connectivity index (χ2n) is 4.29. The second kappa shape index (κ2) is 5.55. The molecule has 1 heterocycles. The van der Waals surface area contributed by atoms with Crippen molar-refractivity contribution in [1.29, 1.82) is 0 Å². The molecule has 0 radical (unpaired) electrons. The molecule has 1 N–H and O–H groups in total. The molecule has 0 amide bonds. The third kappa shape index (κ3) is 2.92. The van der Waals surface area contributed by atoms with Crippen molar-refractivity contribution in [3.63, 3.8) is 0 Å². The van der Waals surface area contributed by atoms with Crippen molar-refractivity contribution in [2.75, 3.05) is 0 Å². The lowest BCUT2D eigenvalue weighted by Gasteiger charge is -2.19. The van der Waals surface area contributed by atoms with E-state index in [0.717, 1.165) is 11.3 Å². The number of rotatable bonds is 4. The minimum Gasteiger partial charge on any atom is -0.468 e. The normalized spacial score (nSPS) is 14.4. The topological polar surface area (TPSA) is 25.2 Å². The molecular weight excluding hydrogens is 253 g/mol. The second-order valence-corrected chi connectivity index (χ2v) is 4.70. The van der Waals surface area contributed by atoms with Gasteiger partial charge in [-0.05, 0) is 43.7 Å². The molecular formula is C14H15ClFNO. The maximum atomic E-state index is 13.0. The fourth-order valence-electron chi connectivity index (χ4n) is 1.94. The zero-order valence-corrected chi connectivity index (χ0v) is 11.0. The molecule has 0 aliphatic heterocycles. The van der Waals surface area contributed by atoms with Crippen LogP contribution in [0.2, 0.25) is 5.02 Å². The molecule has 2 nitrogen and oxygen atoms in total. The van der Waals surface area contributed by atoms with E-state index in [0.29, 0.717) is 5.02 Å². The average molecular weight is 268 g/mol. The summed E-state index contributed by atoms with van der Waals surface area (Å²) in [6.07, 6.45) is 1.64. The van der Waals surface area contributed by atoms with E-state index in [2.05, 4.69) is 5.32 Å². The SMILES string of the molecule is CC(N[C@H](C)c1ccco1)c1ccc(F)cc1Cl. The molecule has 96 valence electrons. The van der Waals surface area contributed by atoms with E-state index in [1.807, 2.05) is 26.0 Å². The quantitative estimate of drug-likeness (QED) is 0.883. The first kappa shape index (κ1) is 13.1. The summed E-state index contributed by atoms with van der Waals surface area (Å²) >= 11 is 6.03. The minimum atomic E-state index is -0.324. The summed E-state index contributed by atoms with van der Waals surface area (Å²) in [4.78, 5) is 0. The third-order valence-electron chi connectivity index (χ3n) is 2.90. The molecule has 2 atom stereocenters. The van der Waals surface area contributed by atoms with Gasteiger partial charge in [0.25, 0.3) is 0 Å². The van der Waals surface area contributed by atoms with Crippen LogP contribution >= 0.6 is 11.6 Å². The van der Waals surface area contributed by atoms with Gasteiger partial charge in [-0.1, -0.05) is 17.7 Å². The molecule has 2 rings (SSSR count). The van der Waals surface area contributed by atoms with E-state index in [-0.39, 0.29) is 17.9 Å². The van der Waals surface area contributed by atoms with Gasteiger partial charge in [-0.2, -0.15) is 0 Å². The Morgan fingerprint density at radius 3 is 2.61 bits per heavy atom. The van der Waals surface area contributed by atoms with Crippen LogP contribution in [0.1, 0.15) is 37.3 Å². The fraction of sp³-hybridized carbons (Fsp3) is 0.286. The third-order valence-corrected chi connectivity index (χ3v) is 3.23. The summed E-state index contributed by atoms with van der Waals surface area (Å²) in [5.41, 5.74) is 0.872. The first-order valence-corrected chi connectivity index (χ1v) is 6.20. The van der Waals surface area contributed by atoms with Crippen LogP contribution in [-0.4, -0.2) is 0 Å². The summed E-state index contributed by atoms with van der Waals surface area (Å²) < 4.78 is 18.3. The molecule has 0 bridgehead atoms. The highest BCUT2D eigenvalue weighted by atomic mass is 35.5. The number of furan rings is 1. The van der Waals surface area contributed by atoms with Crippen LogP contribution in [0.4, 0.5) is 4.39 Å². The van der Waals surface area contributed by atoms with Crippen LogP contribution in [-0.2, 0) is 0 Å². The Bertz CT molecular complexity index is 513. The van der Waals surface area contributed by atoms with Gasteiger partial charge in [0.1, 0.15) is 11.6 Å². The van der Waals surface area contributed by atoms with Crippen LogP contribution in [0.3, 0.4) is 0 Å². The van der Waals surface area contributed by atoms with E-state index >= 15 is 0 Å².